The average Bonchev–Trinajstić information content (AvgIpc) is 3.18. The molecule has 0 aliphatic carbocycles. The molecule has 8 heteroatoms. The number of nitrogens with one attached hydrogen (secondary N) is 1. The highest BCUT2D eigenvalue weighted by molar-refractivity contribution is 5.78. The minimum atomic E-state index is 0.276. The van der Waals surface area contributed by atoms with E-state index in [1.54, 1.807) is 0 Å². The Morgan fingerprint density at radius 3 is 2.72 bits per heavy atom. The Morgan fingerprint density at radius 2 is 2.00 bits per heavy atom. The Hall–Kier alpha value is -2.74. The van der Waals surface area contributed by atoms with Gasteiger partial charge in [0.1, 0.15) is 11.6 Å². The van der Waals surface area contributed by atoms with Gasteiger partial charge in [0.05, 0.1) is 13.2 Å². The van der Waals surface area contributed by atoms with Gasteiger partial charge in [-0.3, -0.25) is 4.79 Å². The van der Waals surface area contributed by atoms with Crippen LogP contribution in [0.25, 0.3) is 11.4 Å². The highest BCUT2D eigenvalue weighted by atomic mass is 16.5. The number of anilines is 2. The lowest BCUT2D eigenvalue weighted by Crippen LogP contribution is -2.36. The maximum atomic E-state index is 11.7. The van der Waals surface area contributed by atoms with Crippen LogP contribution in [0.5, 0.6) is 0 Å². The quantitative estimate of drug-likeness (QED) is 0.718. The first-order chi connectivity index (χ1) is 14.2. The van der Waals surface area contributed by atoms with E-state index in [4.69, 9.17) is 9.72 Å². The summed E-state index contributed by atoms with van der Waals surface area (Å²) in [5.41, 5.74) is 1.90. The minimum absolute atomic E-state index is 0.276. The van der Waals surface area contributed by atoms with Crippen molar-refractivity contribution in [3.05, 3.63) is 30.1 Å². The van der Waals surface area contributed by atoms with E-state index in [2.05, 4.69) is 20.2 Å². The van der Waals surface area contributed by atoms with E-state index in [0.717, 1.165) is 81.5 Å². The fraction of sp³-hybridized carbons (Fsp3) is 0.524. The van der Waals surface area contributed by atoms with Crippen molar-refractivity contribution in [3.63, 3.8) is 0 Å². The molecule has 1 N–H and O–H groups in total. The fourth-order valence-electron chi connectivity index (χ4n) is 3.68. The summed E-state index contributed by atoms with van der Waals surface area (Å²) in [6.07, 6.45) is 6.25. The topological polar surface area (TPSA) is 83.5 Å². The van der Waals surface area contributed by atoms with Crippen molar-refractivity contribution in [2.75, 3.05) is 56.2 Å². The predicted octanol–water partition coefficient (Wildman–Crippen LogP) is 2.11. The number of carbonyl (C=O) groups excluding carboxylic acids is 1. The van der Waals surface area contributed by atoms with Crippen LogP contribution in [0.4, 0.5) is 11.6 Å². The van der Waals surface area contributed by atoms with Crippen molar-refractivity contribution in [1.29, 1.82) is 0 Å². The van der Waals surface area contributed by atoms with Crippen LogP contribution in [0.2, 0.25) is 0 Å². The first-order valence-electron chi connectivity index (χ1n) is 10.3. The molecule has 0 radical (unpaired) electrons. The van der Waals surface area contributed by atoms with Crippen LogP contribution in [0.15, 0.2) is 24.5 Å². The normalized spacial score (nSPS) is 17.1. The molecule has 8 nitrogen and oxygen atoms in total. The van der Waals surface area contributed by atoms with Gasteiger partial charge in [-0.05, 0) is 31.9 Å². The molecule has 154 valence electrons. The lowest BCUT2D eigenvalue weighted by Gasteiger charge is -2.27. The zero-order valence-corrected chi connectivity index (χ0v) is 16.9. The monoisotopic (exact) mass is 396 g/mol. The zero-order chi connectivity index (χ0) is 20.1. The molecule has 0 unspecified atom stereocenters. The smallest absolute Gasteiger partial charge is 0.222 e. The number of hydrogen-bond acceptors (Lipinski definition) is 7. The number of aromatic nitrogens is 3. The van der Waals surface area contributed by atoms with Crippen LogP contribution in [0, 0.1) is 6.92 Å². The standard InChI is InChI=1S/C21H28N6O2/c1-16-14-24-21(17-5-6-18(23-15-17)26-10-12-29-13-11-26)25-20(16)22-7-3-9-27-8-2-4-19(27)28/h5-6,14-15H,2-4,7-13H2,1H3,(H,22,24,25). The fourth-order valence-corrected chi connectivity index (χ4v) is 3.68. The van der Waals surface area contributed by atoms with E-state index in [1.807, 2.05) is 36.4 Å². The Labute approximate surface area is 171 Å². The van der Waals surface area contributed by atoms with Crippen molar-refractivity contribution in [1.82, 2.24) is 19.9 Å². The molecular formula is C21H28N6O2. The molecule has 2 fully saturated rings. The summed E-state index contributed by atoms with van der Waals surface area (Å²) in [6.45, 7) is 7.68. The van der Waals surface area contributed by atoms with Crippen molar-refractivity contribution in [2.45, 2.75) is 26.2 Å². The molecule has 4 rings (SSSR count). The molecule has 2 aliphatic rings. The van der Waals surface area contributed by atoms with E-state index >= 15 is 0 Å². The average molecular weight is 396 g/mol. The van der Waals surface area contributed by atoms with Gasteiger partial charge < -0.3 is 19.9 Å². The second-order valence-corrected chi connectivity index (χ2v) is 7.49. The Kier molecular flexibility index (Phi) is 6.19. The van der Waals surface area contributed by atoms with Crippen molar-refractivity contribution < 1.29 is 9.53 Å². The third-order valence-electron chi connectivity index (χ3n) is 5.38. The number of hydrogen-bond donors (Lipinski definition) is 1. The summed E-state index contributed by atoms with van der Waals surface area (Å²) in [4.78, 5) is 29.6. The Morgan fingerprint density at radius 1 is 1.14 bits per heavy atom. The van der Waals surface area contributed by atoms with Crippen LogP contribution in [0.1, 0.15) is 24.8 Å². The maximum absolute atomic E-state index is 11.7. The van der Waals surface area contributed by atoms with Gasteiger partial charge in [-0.15, -0.1) is 0 Å². The first kappa shape index (κ1) is 19.6. The number of carbonyl (C=O) groups is 1. The number of ether oxygens (including phenoxy) is 1. The van der Waals surface area contributed by atoms with Crippen LogP contribution >= 0.6 is 0 Å². The summed E-state index contributed by atoms with van der Waals surface area (Å²) in [5.74, 6) is 2.73. The summed E-state index contributed by atoms with van der Waals surface area (Å²) in [6, 6.07) is 4.04. The number of amides is 1. The van der Waals surface area contributed by atoms with E-state index < -0.39 is 0 Å². The minimum Gasteiger partial charge on any atom is -0.378 e. The maximum Gasteiger partial charge on any atom is 0.222 e. The van der Waals surface area contributed by atoms with Gasteiger partial charge in [-0.2, -0.15) is 0 Å². The Balaban J connectivity index is 1.36. The lowest BCUT2D eigenvalue weighted by molar-refractivity contribution is -0.127. The van der Waals surface area contributed by atoms with E-state index in [1.165, 1.54) is 0 Å². The highest BCUT2D eigenvalue weighted by Crippen LogP contribution is 2.21. The van der Waals surface area contributed by atoms with Crippen LogP contribution in [0.3, 0.4) is 0 Å². The summed E-state index contributed by atoms with van der Waals surface area (Å²) in [7, 11) is 0. The summed E-state index contributed by atoms with van der Waals surface area (Å²) >= 11 is 0. The van der Waals surface area contributed by atoms with Crippen LogP contribution in [-0.2, 0) is 9.53 Å². The SMILES string of the molecule is Cc1cnc(-c2ccc(N3CCOCC3)nc2)nc1NCCCN1CCCC1=O. The molecule has 0 aromatic carbocycles. The molecule has 0 bridgehead atoms. The largest absolute Gasteiger partial charge is 0.378 e. The number of nitrogens with zero attached hydrogens (tertiary/aromatic N) is 5. The van der Waals surface area contributed by atoms with Crippen LogP contribution in [-0.4, -0.2) is 71.7 Å². The third-order valence-corrected chi connectivity index (χ3v) is 5.38. The van der Waals surface area contributed by atoms with E-state index in [-0.39, 0.29) is 5.91 Å². The molecule has 0 spiro atoms. The molecule has 4 heterocycles. The van der Waals surface area contributed by atoms with Gasteiger partial charge in [0.2, 0.25) is 5.91 Å². The van der Waals surface area contributed by atoms with Crippen molar-refractivity contribution >= 4 is 17.5 Å². The molecule has 2 aliphatic heterocycles. The van der Waals surface area contributed by atoms with Crippen molar-refractivity contribution in [3.8, 4) is 11.4 Å². The first-order valence-corrected chi connectivity index (χ1v) is 10.3. The van der Waals surface area contributed by atoms with Gasteiger partial charge in [0.15, 0.2) is 5.82 Å². The predicted molar refractivity (Wildman–Crippen MR) is 112 cm³/mol. The van der Waals surface area contributed by atoms with Crippen molar-refractivity contribution in [2.24, 2.45) is 0 Å². The highest BCUT2D eigenvalue weighted by Gasteiger charge is 2.19. The van der Waals surface area contributed by atoms with Crippen LogP contribution < -0.4 is 10.2 Å². The van der Waals surface area contributed by atoms with Gasteiger partial charge >= 0.3 is 0 Å². The van der Waals surface area contributed by atoms with Gasteiger partial charge in [0.25, 0.3) is 0 Å². The summed E-state index contributed by atoms with van der Waals surface area (Å²) in [5, 5.41) is 3.39. The molecule has 0 atom stereocenters. The van der Waals surface area contributed by atoms with E-state index in [9.17, 15) is 4.79 Å². The molecule has 2 aromatic rings. The van der Waals surface area contributed by atoms with E-state index in [0.29, 0.717) is 12.2 Å². The molecule has 1 amide bonds. The summed E-state index contributed by atoms with van der Waals surface area (Å²) < 4.78 is 5.40. The molecule has 0 saturated carbocycles. The number of morpholine rings is 1. The number of likely N-dealkylation sites (tertiary alicyclic amines) is 1. The third kappa shape index (κ3) is 4.82. The zero-order valence-electron chi connectivity index (χ0n) is 16.9. The number of pyridine rings is 1. The second kappa shape index (κ2) is 9.17. The Bertz CT molecular complexity index is 836. The lowest BCUT2D eigenvalue weighted by atomic mass is 10.2. The van der Waals surface area contributed by atoms with Gasteiger partial charge in [-0.25, -0.2) is 15.0 Å². The number of aryl methyl sites for hydroxylation is 1. The van der Waals surface area contributed by atoms with Gasteiger partial charge in [-0.1, -0.05) is 0 Å². The molecule has 29 heavy (non-hydrogen) atoms. The van der Waals surface area contributed by atoms with Gasteiger partial charge in [0, 0.05) is 62.7 Å². The molecule has 2 aromatic heterocycles. The molecular weight excluding hydrogens is 368 g/mol. The number of rotatable bonds is 7. The second-order valence-electron chi connectivity index (χ2n) is 7.49. The molecule has 2 saturated heterocycles.